The van der Waals surface area contributed by atoms with Crippen LogP contribution in [0.1, 0.15) is 27.9 Å². The highest BCUT2D eigenvalue weighted by Gasteiger charge is 2.34. The summed E-state index contributed by atoms with van der Waals surface area (Å²) < 4.78 is 45.4. The minimum atomic E-state index is -4.73. The minimum absolute atomic E-state index is 0.00969. The van der Waals surface area contributed by atoms with Gasteiger partial charge in [-0.05, 0) is 37.3 Å². The minimum Gasteiger partial charge on any atom is -0.462 e. The average Bonchev–Trinajstić information content (AvgIpc) is 3.24. The van der Waals surface area contributed by atoms with E-state index >= 15 is 0 Å². The van der Waals surface area contributed by atoms with Crippen LogP contribution in [0.4, 0.5) is 24.5 Å². The molecule has 2 amide bonds. The van der Waals surface area contributed by atoms with E-state index in [4.69, 9.17) is 4.42 Å². The predicted octanol–water partition coefficient (Wildman–Crippen LogP) is 4.94. The van der Waals surface area contributed by atoms with E-state index in [-0.39, 0.29) is 11.4 Å². The van der Waals surface area contributed by atoms with Crippen LogP contribution in [0, 0.1) is 6.92 Å². The Kier molecular flexibility index (Phi) is 5.23. The van der Waals surface area contributed by atoms with Crippen LogP contribution >= 0.6 is 11.3 Å². The lowest BCUT2D eigenvalue weighted by molar-refractivity contribution is -0.137. The molecule has 0 saturated heterocycles. The van der Waals surface area contributed by atoms with E-state index in [9.17, 15) is 22.8 Å². The maximum absolute atomic E-state index is 13.4. The summed E-state index contributed by atoms with van der Waals surface area (Å²) in [7, 11) is 0. The average molecular weight is 409 g/mol. The van der Waals surface area contributed by atoms with Gasteiger partial charge in [0, 0.05) is 17.5 Å². The molecular weight excluding hydrogens is 395 g/mol. The third-order valence-electron chi connectivity index (χ3n) is 3.64. The van der Waals surface area contributed by atoms with Crippen LogP contribution in [0.15, 0.2) is 41.0 Å². The molecule has 0 saturated carbocycles. The first-order valence-electron chi connectivity index (χ1n) is 7.96. The molecule has 0 unspecified atom stereocenters. The number of halogens is 3. The summed E-state index contributed by atoms with van der Waals surface area (Å²) in [5.41, 5.74) is -1.52. The Labute approximate surface area is 161 Å². The summed E-state index contributed by atoms with van der Waals surface area (Å²) >= 11 is 1.19. The van der Waals surface area contributed by atoms with Gasteiger partial charge in [-0.3, -0.25) is 9.59 Å². The van der Waals surface area contributed by atoms with Crippen LogP contribution in [0.25, 0.3) is 10.8 Å². The first-order chi connectivity index (χ1) is 13.1. The van der Waals surface area contributed by atoms with Crippen molar-refractivity contribution in [2.75, 3.05) is 10.6 Å². The molecule has 3 aromatic rings. The van der Waals surface area contributed by atoms with E-state index in [1.165, 1.54) is 30.6 Å². The zero-order chi connectivity index (χ0) is 20.5. The lowest BCUT2D eigenvalue weighted by atomic mass is 10.1. The maximum Gasteiger partial charge on any atom is 0.418 e. The summed E-state index contributed by atoms with van der Waals surface area (Å²) in [6.07, 6.45) is -3.27. The van der Waals surface area contributed by atoms with Gasteiger partial charge in [0.2, 0.25) is 5.91 Å². The maximum atomic E-state index is 13.4. The standard InChI is InChI=1S/C18H14F3N3O3S/c1-9-15(24-17(28-9)14-4-3-7-27-14)16(26)23-13-6-5-11(22-10(2)25)8-12(13)18(19,20)21/h3-8H,1-2H3,(H,22,25)(H,23,26). The third kappa shape index (κ3) is 4.22. The Morgan fingerprint density at radius 3 is 2.54 bits per heavy atom. The summed E-state index contributed by atoms with van der Waals surface area (Å²) in [4.78, 5) is 28.3. The van der Waals surface area contributed by atoms with Gasteiger partial charge in [0.05, 0.1) is 17.5 Å². The molecule has 0 aliphatic heterocycles. The van der Waals surface area contributed by atoms with Gasteiger partial charge in [-0.1, -0.05) is 0 Å². The van der Waals surface area contributed by atoms with Crippen molar-refractivity contribution < 1.29 is 27.2 Å². The second-order valence-electron chi connectivity index (χ2n) is 5.79. The molecule has 28 heavy (non-hydrogen) atoms. The largest absolute Gasteiger partial charge is 0.462 e. The summed E-state index contributed by atoms with van der Waals surface area (Å²) in [5.74, 6) is -0.819. The third-order valence-corrected chi connectivity index (χ3v) is 4.62. The van der Waals surface area contributed by atoms with E-state index in [1.807, 2.05) is 0 Å². The molecule has 10 heteroatoms. The Balaban J connectivity index is 1.91. The van der Waals surface area contributed by atoms with E-state index in [2.05, 4.69) is 15.6 Å². The lowest BCUT2D eigenvalue weighted by Gasteiger charge is -2.15. The van der Waals surface area contributed by atoms with Gasteiger partial charge < -0.3 is 15.1 Å². The fourth-order valence-corrected chi connectivity index (χ4v) is 3.34. The van der Waals surface area contributed by atoms with Crippen molar-refractivity contribution in [1.29, 1.82) is 0 Å². The van der Waals surface area contributed by atoms with E-state index in [0.717, 1.165) is 12.1 Å². The number of rotatable bonds is 4. The van der Waals surface area contributed by atoms with E-state index in [0.29, 0.717) is 15.6 Å². The molecule has 2 aromatic heterocycles. The smallest absolute Gasteiger partial charge is 0.418 e. The fraction of sp³-hybridized carbons (Fsp3) is 0.167. The summed E-state index contributed by atoms with van der Waals surface area (Å²) in [6, 6.07) is 6.45. The lowest BCUT2D eigenvalue weighted by Crippen LogP contribution is -2.18. The number of hydrogen-bond acceptors (Lipinski definition) is 5. The first kappa shape index (κ1) is 19.6. The van der Waals surface area contributed by atoms with Gasteiger partial charge >= 0.3 is 6.18 Å². The summed E-state index contributed by atoms with van der Waals surface area (Å²) in [6.45, 7) is 2.83. The molecule has 0 fully saturated rings. The molecule has 0 atom stereocenters. The van der Waals surface area contributed by atoms with Crippen molar-refractivity contribution in [1.82, 2.24) is 4.98 Å². The fourth-order valence-electron chi connectivity index (χ4n) is 2.46. The number of furan rings is 1. The Hall–Kier alpha value is -3.14. The zero-order valence-electron chi connectivity index (χ0n) is 14.7. The number of nitrogens with one attached hydrogen (secondary N) is 2. The van der Waals surface area contributed by atoms with Crippen molar-refractivity contribution in [3.63, 3.8) is 0 Å². The number of thiazole rings is 1. The van der Waals surface area contributed by atoms with Gasteiger partial charge in [0.25, 0.3) is 5.91 Å². The van der Waals surface area contributed by atoms with E-state index in [1.54, 1.807) is 19.1 Å². The molecule has 0 spiro atoms. The molecule has 0 aliphatic rings. The number of nitrogens with zero attached hydrogens (tertiary/aromatic N) is 1. The monoisotopic (exact) mass is 409 g/mol. The van der Waals surface area contributed by atoms with E-state index < -0.39 is 29.2 Å². The van der Waals surface area contributed by atoms with Crippen LogP contribution in [-0.4, -0.2) is 16.8 Å². The highest BCUT2D eigenvalue weighted by molar-refractivity contribution is 7.15. The Bertz CT molecular complexity index is 1030. The van der Waals surface area contributed by atoms with Crippen molar-refractivity contribution in [3.05, 3.63) is 52.7 Å². The van der Waals surface area contributed by atoms with Crippen LogP contribution in [0.3, 0.4) is 0 Å². The van der Waals surface area contributed by atoms with Crippen LogP contribution in [-0.2, 0) is 11.0 Å². The Morgan fingerprint density at radius 1 is 1.18 bits per heavy atom. The molecule has 0 radical (unpaired) electrons. The normalized spacial score (nSPS) is 11.3. The predicted molar refractivity (Wildman–Crippen MR) is 98.3 cm³/mol. The van der Waals surface area contributed by atoms with Crippen molar-refractivity contribution >= 4 is 34.5 Å². The molecule has 0 aliphatic carbocycles. The molecule has 6 nitrogen and oxygen atoms in total. The molecule has 2 N–H and O–H groups in total. The second-order valence-corrected chi connectivity index (χ2v) is 7.00. The number of hydrogen-bond donors (Lipinski definition) is 2. The first-order valence-corrected chi connectivity index (χ1v) is 8.78. The summed E-state index contributed by atoms with van der Waals surface area (Å²) in [5, 5.41) is 4.99. The van der Waals surface area contributed by atoms with Crippen molar-refractivity contribution in [2.24, 2.45) is 0 Å². The SMILES string of the molecule is CC(=O)Nc1ccc(NC(=O)c2nc(-c3ccco3)sc2C)c(C(F)(F)F)c1. The van der Waals surface area contributed by atoms with Crippen molar-refractivity contribution in [2.45, 2.75) is 20.0 Å². The number of alkyl halides is 3. The van der Waals surface area contributed by atoms with Gasteiger partial charge in [0.15, 0.2) is 10.8 Å². The van der Waals surface area contributed by atoms with Gasteiger partial charge in [-0.15, -0.1) is 11.3 Å². The Morgan fingerprint density at radius 2 is 1.93 bits per heavy atom. The zero-order valence-corrected chi connectivity index (χ0v) is 15.5. The highest BCUT2D eigenvalue weighted by atomic mass is 32.1. The number of carbonyl (C=O) groups is 2. The second kappa shape index (κ2) is 7.47. The van der Waals surface area contributed by atoms with Gasteiger partial charge in [0.1, 0.15) is 5.69 Å². The van der Waals surface area contributed by atoms with Gasteiger partial charge in [-0.25, -0.2) is 4.98 Å². The quantitative estimate of drug-likeness (QED) is 0.639. The van der Waals surface area contributed by atoms with Crippen molar-refractivity contribution in [3.8, 4) is 10.8 Å². The molecular formula is C18H14F3N3O3S. The van der Waals surface area contributed by atoms with Crippen LogP contribution in [0.5, 0.6) is 0 Å². The number of aromatic nitrogens is 1. The van der Waals surface area contributed by atoms with Gasteiger partial charge in [-0.2, -0.15) is 13.2 Å². The number of aryl methyl sites for hydroxylation is 1. The molecule has 146 valence electrons. The number of benzene rings is 1. The number of amides is 2. The van der Waals surface area contributed by atoms with Crippen LogP contribution in [0.2, 0.25) is 0 Å². The topological polar surface area (TPSA) is 84.2 Å². The molecule has 2 heterocycles. The molecule has 1 aromatic carbocycles. The number of carbonyl (C=O) groups excluding carboxylic acids is 2. The molecule has 3 rings (SSSR count). The highest BCUT2D eigenvalue weighted by Crippen LogP contribution is 2.37. The molecule has 0 bridgehead atoms. The van der Waals surface area contributed by atoms with Crippen LogP contribution < -0.4 is 10.6 Å². The number of anilines is 2.